The minimum atomic E-state index is -1.42. The number of hydrogen-bond donors (Lipinski definition) is 2. The molecule has 0 unspecified atom stereocenters. The molecular weight excluding hydrogens is 248 g/mol. The van der Waals surface area contributed by atoms with E-state index >= 15 is 0 Å². The second-order valence-corrected chi connectivity index (χ2v) is 1.61. The Balaban J connectivity index is -0.000000605. The van der Waals surface area contributed by atoms with E-state index in [9.17, 15) is 14.4 Å². The summed E-state index contributed by atoms with van der Waals surface area (Å²) < 4.78 is 7.74. The summed E-state index contributed by atoms with van der Waals surface area (Å²) in [6, 6.07) is 0. The first kappa shape index (κ1) is 20.5. The van der Waals surface area contributed by atoms with E-state index in [1.54, 1.807) is 0 Å². The second-order valence-electron chi connectivity index (χ2n) is 1.61. The van der Waals surface area contributed by atoms with Gasteiger partial charge in [0.15, 0.2) is 0 Å². The van der Waals surface area contributed by atoms with Gasteiger partial charge in [-0.1, -0.05) is 0 Å². The second kappa shape index (κ2) is 12.1. The van der Waals surface area contributed by atoms with Gasteiger partial charge in [-0.3, -0.25) is 9.59 Å². The van der Waals surface area contributed by atoms with E-state index in [4.69, 9.17) is 11.5 Å². The molecule has 0 fully saturated rings. The van der Waals surface area contributed by atoms with Gasteiger partial charge in [-0.15, -0.1) is 0 Å². The monoisotopic (exact) mass is 260 g/mol. The number of esters is 2. The van der Waals surface area contributed by atoms with Gasteiger partial charge >= 0.3 is 93.6 Å². The molecule has 0 atom stereocenters. The fraction of sp³-hybridized carbons (Fsp3) is 0.400. The Morgan fingerprint density at radius 1 is 0.857 bits per heavy atom. The van der Waals surface area contributed by atoms with Crippen LogP contribution in [-0.2, 0) is 19.1 Å². The van der Waals surface area contributed by atoms with Crippen molar-refractivity contribution < 1.29 is 23.9 Å². The van der Waals surface area contributed by atoms with Crippen LogP contribution < -0.4 is 11.5 Å². The molecule has 0 heterocycles. The standard InChI is InChI=1S/C5H8N2O5.2Ca.4H/c6-1-3(8)11-5(10)12-4(9)2-7;;;;;;/h1-2,6-7H2;;;;;;. The van der Waals surface area contributed by atoms with Crippen LogP contribution in [0.1, 0.15) is 0 Å². The molecule has 76 valence electrons. The average Bonchev–Trinajstić information content (AvgIpc) is 2.03. The number of ether oxygens (including phenoxy) is 2. The predicted molar refractivity (Wildman–Crippen MR) is 52.8 cm³/mol. The van der Waals surface area contributed by atoms with E-state index in [0.717, 1.165) is 0 Å². The molecule has 0 aliphatic rings. The molecule has 14 heavy (non-hydrogen) atoms. The molecular formula is C5H12Ca2N2O5. The third kappa shape index (κ3) is 11.1. The topological polar surface area (TPSA) is 122 Å². The summed E-state index contributed by atoms with van der Waals surface area (Å²) in [6.45, 7) is -0.933. The summed E-state index contributed by atoms with van der Waals surface area (Å²) in [5.74, 6) is -1.96. The number of hydrogen-bond acceptors (Lipinski definition) is 7. The zero-order valence-electron chi connectivity index (χ0n) is 6.11. The van der Waals surface area contributed by atoms with Gasteiger partial charge in [0, 0.05) is 0 Å². The van der Waals surface area contributed by atoms with Crippen molar-refractivity contribution in [3.63, 3.8) is 0 Å². The Labute approximate surface area is 140 Å². The first-order valence-corrected chi connectivity index (χ1v) is 2.95. The zero-order valence-corrected chi connectivity index (χ0v) is 6.11. The van der Waals surface area contributed by atoms with Gasteiger partial charge in [-0.25, -0.2) is 4.79 Å². The molecule has 9 heteroatoms. The van der Waals surface area contributed by atoms with Crippen LogP contribution in [0, 0.1) is 0 Å². The van der Waals surface area contributed by atoms with Crippen LogP contribution >= 0.6 is 0 Å². The SMILES string of the molecule is NCC(=O)OC(=O)OC(=O)CN.[CaH2].[CaH2]. The summed E-state index contributed by atoms with van der Waals surface area (Å²) in [5, 5.41) is 0. The predicted octanol–water partition coefficient (Wildman–Crippen LogP) is -3.72. The normalized spacial score (nSPS) is 7.57. The van der Waals surface area contributed by atoms with E-state index in [1.165, 1.54) is 0 Å². The molecule has 7 nitrogen and oxygen atoms in total. The molecule has 0 aromatic heterocycles. The van der Waals surface area contributed by atoms with Crippen LogP contribution in [0.5, 0.6) is 0 Å². The number of rotatable bonds is 2. The third-order valence-corrected chi connectivity index (χ3v) is 0.728. The van der Waals surface area contributed by atoms with Gasteiger partial charge in [0.05, 0.1) is 13.1 Å². The van der Waals surface area contributed by atoms with Crippen LogP contribution in [0.25, 0.3) is 0 Å². The van der Waals surface area contributed by atoms with Gasteiger partial charge in [0.1, 0.15) is 0 Å². The van der Waals surface area contributed by atoms with E-state index in [2.05, 4.69) is 9.47 Å². The summed E-state index contributed by atoms with van der Waals surface area (Å²) in [5.41, 5.74) is 9.58. The van der Waals surface area contributed by atoms with Crippen molar-refractivity contribution >= 4 is 93.6 Å². The van der Waals surface area contributed by atoms with Crippen LogP contribution in [0.3, 0.4) is 0 Å². The van der Waals surface area contributed by atoms with Crippen LogP contribution in [0.15, 0.2) is 0 Å². The summed E-state index contributed by atoms with van der Waals surface area (Å²) >= 11 is 0. The van der Waals surface area contributed by atoms with Crippen molar-refractivity contribution in [3.8, 4) is 0 Å². The molecule has 0 spiro atoms. The fourth-order valence-electron chi connectivity index (χ4n) is 0.290. The van der Waals surface area contributed by atoms with Crippen molar-refractivity contribution in [3.05, 3.63) is 0 Å². The van der Waals surface area contributed by atoms with Crippen LogP contribution in [-0.4, -0.2) is 107 Å². The molecule has 0 bridgehead atoms. The molecule has 0 saturated heterocycles. The summed E-state index contributed by atoms with van der Waals surface area (Å²) in [4.78, 5) is 31.0. The molecule has 0 aliphatic heterocycles. The van der Waals surface area contributed by atoms with Gasteiger partial charge in [-0.2, -0.15) is 0 Å². The van der Waals surface area contributed by atoms with Gasteiger partial charge in [0.25, 0.3) is 0 Å². The molecule has 4 N–H and O–H groups in total. The molecule has 0 aromatic rings. The van der Waals surface area contributed by atoms with E-state index in [1.807, 2.05) is 0 Å². The Hall–Kier alpha value is 1.05. The van der Waals surface area contributed by atoms with Gasteiger partial charge in [-0.05, 0) is 0 Å². The first-order valence-electron chi connectivity index (χ1n) is 2.95. The van der Waals surface area contributed by atoms with Crippen molar-refractivity contribution in [1.82, 2.24) is 0 Å². The first-order chi connectivity index (χ1) is 5.60. The molecule has 0 aromatic carbocycles. The Morgan fingerprint density at radius 2 is 1.14 bits per heavy atom. The Morgan fingerprint density at radius 3 is 1.36 bits per heavy atom. The summed E-state index contributed by atoms with van der Waals surface area (Å²) in [6.07, 6.45) is -1.42. The third-order valence-electron chi connectivity index (χ3n) is 0.728. The zero-order chi connectivity index (χ0) is 9.56. The van der Waals surface area contributed by atoms with E-state index < -0.39 is 31.2 Å². The van der Waals surface area contributed by atoms with E-state index in [-0.39, 0.29) is 75.5 Å². The Bertz CT molecular complexity index is 190. The van der Waals surface area contributed by atoms with Gasteiger partial charge in [0.2, 0.25) is 0 Å². The van der Waals surface area contributed by atoms with Crippen molar-refractivity contribution in [2.75, 3.05) is 13.1 Å². The molecule has 0 radical (unpaired) electrons. The molecule has 0 amide bonds. The molecule has 0 rings (SSSR count). The Kier molecular flexibility index (Phi) is 17.7. The van der Waals surface area contributed by atoms with Crippen molar-refractivity contribution in [2.24, 2.45) is 11.5 Å². The number of carbonyl (C=O) groups is 3. The fourth-order valence-corrected chi connectivity index (χ4v) is 0.290. The van der Waals surface area contributed by atoms with Crippen LogP contribution in [0.2, 0.25) is 0 Å². The minimum absolute atomic E-state index is 0. The summed E-state index contributed by atoms with van der Waals surface area (Å²) in [7, 11) is 0. The maximum absolute atomic E-state index is 10.4. The quantitative estimate of drug-likeness (QED) is 0.297. The van der Waals surface area contributed by atoms with E-state index in [0.29, 0.717) is 0 Å². The van der Waals surface area contributed by atoms with Crippen molar-refractivity contribution in [2.45, 2.75) is 0 Å². The van der Waals surface area contributed by atoms with Crippen molar-refractivity contribution in [1.29, 1.82) is 0 Å². The van der Waals surface area contributed by atoms with Gasteiger partial charge < -0.3 is 20.9 Å². The molecule has 0 saturated carbocycles. The number of carbonyl (C=O) groups excluding carboxylic acids is 3. The molecule has 0 aliphatic carbocycles. The van der Waals surface area contributed by atoms with Crippen LogP contribution in [0.4, 0.5) is 4.79 Å². The maximum atomic E-state index is 10.4. The number of nitrogens with two attached hydrogens (primary N) is 2. The average molecular weight is 260 g/mol.